The van der Waals surface area contributed by atoms with Crippen LogP contribution in [0.2, 0.25) is 0 Å². The van der Waals surface area contributed by atoms with Gasteiger partial charge in [-0.15, -0.1) is 0 Å². The van der Waals surface area contributed by atoms with E-state index in [9.17, 15) is 202 Å². The average molecular weight is 1900 g/mol. The summed E-state index contributed by atoms with van der Waals surface area (Å²) in [6.07, 6.45) is -25.0. The van der Waals surface area contributed by atoms with Gasteiger partial charge in [-0.1, -0.05) is 67.8 Å². The van der Waals surface area contributed by atoms with Crippen LogP contribution in [0, 0.1) is 0 Å². The normalized spacial score (nSPS) is 17.1. The van der Waals surface area contributed by atoms with E-state index in [4.69, 9.17) is 0 Å². The van der Waals surface area contributed by atoms with E-state index in [0.29, 0.717) is 0 Å². The quantitative estimate of drug-likeness (QED) is 0.0321. The highest BCUT2D eigenvalue weighted by Gasteiger charge is 2.99. The Bertz CT molecular complexity index is 2810. The Morgan fingerprint density at radius 2 is 0.433 bits per heavy atom. The minimum Gasteiger partial charge on any atom is -0.488 e. The van der Waals surface area contributed by atoms with Crippen LogP contribution in [0.15, 0.2) is 12.1 Å². The fourth-order valence-corrected chi connectivity index (χ4v) is 7.80. The molecule has 3 unspecified atom stereocenters. The van der Waals surface area contributed by atoms with Crippen LogP contribution in [0.1, 0.15) is 10.4 Å². The molecule has 0 aliphatic carbocycles. The maximum atomic E-state index is 15.3. The Labute approximate surface area is 536 Å². The van der Waals surface area contributed by atoms with E-state index in [1.165, 1.54) is 0 Å². The number of rotatable bonds is 31. The SMILES string of the molecule is COC(=O)c1cc(OCC(I)C(F)(F)C(F)(F)C(F)(F)C(F)(F)C(F)(F)C(F)(F)C(F)(F)C(F)(F)F)c(OCC(I)C(F)(F)C(F)(F)C(F)(F)C(F)(F)C(F)(F)C(F)(F)C(F)(F)C(F)(F)F)c(OCC(I)C(F)(F)C(F)(F)C(F)(F)C(F)(F)C(F)(F)C(F)(F)C(F)(F)C(F)(F)F)c1. The molecule has 0 amide bonds. The lowest BCUT2D eigenvalue weighted by molar-refractivity contribution is -0.461. The van der Waals surface area contributed by atoms with Gasteiger partial charge >= 0.3 is 149 Å². The summed E-state index contributed by atoms with van der Waals surface area (Å²) in [5, 5.41) is 0. The molecule has 1 aromatic carbocycles. The highest BCUT2D eigenvalue weighted by molar-refractivity contribution is 14.1. The number of esters is 1. The van der Waals surface area contributed by atoms with Crippen molar-refractivity contribution in [3.63, 3.8) is 0 Å². The summed E-state index contributed by atoms with van der Waals surface area (Å²) < 4.78 is 715. The van der Waals surface area contributed by atoms with E-state index in [1.807, 2.05) is 0 Å². The fourth-order valence-electron chi connectivity index (χ4n) is 6.08. The van der Waals surface area contributed by atoms with Gasteiger partial charge in [-0.25, -0.2) is 4.79 Å². The van der Waals surface area contributed by atoms with Crippen LogP contribution in [0.4, 0.5) is 224 Å². The van der Waals surface area contributed by atoms with Gasteiger partial charge in [0.1, 0.15) is 31.6 Å². The fraction of sp³-hybridized carbons (Fsp3) is 0.816. The number of halogens is 54. The van der Waals surface area contributed by atoms with Gasteiger partial charge in [-0.3, -0.25) is 0 Å². The van der Waals surface area contributed by atoms with Gasteiger partial charge < -0.3 is 18.9 Å². The molecule has 0 N–H and O–H groups in total. The monoisotopic (exact) mass is 1900 g/mol. The lowest BCUT2D eigenvalue weighted by atomic mass is 9.88. The third-order valence-corrected chi connectivity index (χ3v) is 15.4. The van der Waals surface area contributed by atoms with E-state index in [-0.39, 0.29) is 7.11 Å². The second kappa shape index (κ2) is 25.8. The minimum absolute atomic E-state index is 0.0128. The maximum Gasteiger partial charge on any atom is 0.460 e. The maximum absolute atomic E-state index is 15.3. The minimum atomic E-state index is -9.46. The number of hydrogen-bond donors (Lipinski definition) is 0. The van der Waals surface area contributed by atoms with E-state index >= 15 is 26.3 Å². The summed E-state index contributed by atoms with van der Waals surface area (Å²) >= 11 is -2.13. The zero-order chi connectivity index (χ0) is 79.0. The van der Waals surface area contributed by atoms with Crippen molar-refractivity contribution in [3.8, 4) is 17.2 Å². The number of carbonyl (C=O) groups excluding carboxylic acids is 1. The molecule has 0 saturated heterocycles. The Morgan fingerprint density at radius 1 is 0.278 bits per heavy atom. The molecule has 0 radical (unpaired) electrons. The molecule has 0 bridgehead atoms. The first-order valence-corrected chi connectivity index (χ1v) is 25.6. The smallest absolute Gasteiger partial charge is 0.460 e. The lowest BCUT2D eigenvalue weighted by Gasteiger charge is -2.43. The molecule has 0 aliphatic rings. The van der Waals surface area contributed by atoms with Gasteiger partial charge in [0.05, 0.1) is 12.7 Å². The van der Waals surface area contributed by atoms with Crippen molar-refractivity contribution in [1.29, 1.82) is 0 Å². The van der Waals surface area contributed by atoms with Crippen LogP contribution in [0.25, 0.3) is 0 Å². The van der Waals surface area contributed by atoms with Gasteiger partial charge in [0, 0.05) is 0 Å². The molecule has 0 saturated carbocycles. The van der Waals surface area contributed by atoms with Gasteiger partial charge in [0.15, 0.2) is 11.5 Å². The molecule has 1 rings (SSSR count). The Kier molecular flexibility index (Phi) is 24.4. The first kappa shape index (κ1) is 91.7. The zero-order valence-corrected chi connectivity index (χ0v) is 49.4. The van der Waals surface area contributed by atoms with Crippen molar-refractivity contribution < 1.29 is 248 Å². The molecule has 0 heterocycles. The Balaban J connectivity index is 4.54. The highest BCUT2D eigenvalue weighted by Crippen LogP contribution is 2.69. The zero-order valence-electron chi connectivity index (χ0n) is 43.0. The number of carbonyl (C=O) groups is 1. The number of alkyl halides is 54. The van der Waals surface area contributed by atoms with Crippen molar-refractivity contribution >= 4 is 73.7 Å². The summed E-state index contributed by atoms with van der Waals surface area (Å²) in [4.78, 5) is 12.5. The summed E-state index contributed by atoms with van der Waals surface area (Å²) in [5.41, 5.74) is -2.04. The summed E-state index contributed by atoms with van der Waals surface area (Å²) in [6, 6.07) is -1.51. The van der Waals surface area contributed by atoms with E-state index in [0.717, 1.165) is 0 Å². The summed E-state index contributed by atoms with van der Waals surface area (Å²) in [5.74, 6) is -199. The van der Waals surface area contributed by atoms with Gasteiger partial charge in [-0.2, -0.15) is 224 Å². The molecule has 0 aliphatic heterocycles. The molecule has 0 aromatic heterocycles. The standard InChI is InChI=1S/C38H14F51I3O5/c1-94-14(93)7-2-8(95-4-10(90)15(39,40)18(45,46)21(51,52)24(57,58)27(63,64)30(69,70)33(75,76)36(81,82)83)13(97-6-12(92)17(43,44)20(49,50)23(55,56)26(61,62)29(67,68)32(73,74)35(79,80)38(87,88)89)9(3-7)96-5-11(91)16(41,42)19(47,48)22(53,54)25(59,60)28(65,66)31(71,72)34(77,78)37(84,85)86/h2-3,10-12H,4-6H2,1H3. The highest BCUT2D eigenvalue weighted by atomic mass is 127. The number of ether oxygens (including phenoxy) is 4. The molecule has 0 spiro atoms. The third-order valence-electron chi connectivity index (χ3n) is 12.0. The van der Waals surface area contributed by atoms with Crippen molar-refractivity contribution in [2.24, 2.45) is 0 Å². The molecular weight excluding hydrogens is 1890 g/mol. The topological polar surface area (TPSA) is 54.0 Å². The van der Waals surface area contributed by atoms with Crippen LogP contribution in [-0.2, 0) is 4.74 Å². The number of methoxy groups -OCH3 is 1. The van der Waals surface area contributed by atoms with Gasteiger partial charge in [0.25, 0.3) is 0 Å². The van der Waals surface area contributed by atoms with Crippen LogP contribution >= 0.6 is 67.8 Å². The summed E-state index contributed by atoms with van der Waals surface area (Å²) in [7, 11) is -0.0128. The van der Waals surface area contributed by atoms with Crippen LogP contribution in [0.3, 0.4) is 0 Å². The van der Waals surface area contributed by atoms with Gasteiger partial charge in [-0.05, 0) is 12.1 Å². The molecule has 59 heteroatoms. The second-order valence-electron chi connectivity index (χ2n) is 18.3. The van der Waals surface area contributed by atoms with Crippen molar-refractivity contribution in [3.05, 3.63) is 17.7 Å². The van der Waals surface area contributed by atoms with Crippen LogP contribution in [0.5, 0.6) is 17.2 Å². The average Bonchev–Trinajstić information content (AvgIpc) is 0.706. The van der Waals surface area contributed by atoms with Crippen LogP contribution in [-0.4, -0.2) is 188 Å². The second-order valence-corrected chi connectivity index (χ2v) is 22.8. The molecule has 97 heavy (non-hydrogen) atoms. The van der Waals surface area contributed by atoms with Crippen LogP contribution < -0.4 is 14.2 Å². The van der Waals surface area contributed by atoms with E-state index in [2.05, 4.69) is 18.9 Å². The third kappa shape index (κ3) is 13.2. The predicted octanol–water partition coefficient (Wildman–Crippen LogP) is 20.0. The van der Waals surface area contributed by atoms with E-state index < -0.39 is 283 Å². The lowest BCUT2D eigenvalue weighted by Crippen LogP contribution is -2.75. The molecule has 3 atom stereocenters. The summed E-state index contributed by atoms with van der Waals surface area (Å²) in [6.45, 7) is -10.1. The Morgan fingerprint density at radius 3 is 0.598 bits per heavy atom. The molecule has 1 aromatic rings. The van der Waals surface area contributed by atoms with Crippen molar-refractivity contribution in [2.45, 2.75) is 155 Å². The van der Waals surface area contributed by atoms with Crippen molar-refractivity contribution in [2.75, 3.05) is 26.9 Å². The molecular formula is C38H14F51I3O5. The van der Waals surface area contributed by atoms with Crippen molar-refractivity contribution in [1.82, 2.24) is 0 Å². The first-order chi connectivity index (χ1) is 41.6. The number of benzene rings is 1. The molecule has 0 fully saturated rings. The van der Waals surface area contributed by atoms with Gasteiger partial charge in [0.2, 0.25) is 5.75 Å². The predicted molar refractivity (Wildman–Crippen MR) is 230 cm³/mol. The number of hydrogen-bond acceptors (Lipinski definition) is 5. The largest absolute Gasteiger partial charge is 0.488 e. The van der Waals surface area contributed by atoms with E-state index in [1.54, 1.807) is 0 Å². The first-order valence-electron chi connectivity index (χ1n) is 21.8. The Hall–Kier alpha value is -3.29. The molecule has 574 valence electrons. The molecule has 5 nitrogen and oxygen atoms in total.